The molecule has 0 spiro atoms. The zero-order valence-corrected chi connectivity index (χ0v) is 14.6. The van der Waals surface area contributed by atoms with Crippen molar-refractivity contribution in [3.05, 3.63) is 17.9 Å². The van der Waals surface area contributed by atoms with Crippen LogP contribution in [0.15, 0.2) is 21.6 Å². The number of nitrogens with zero attached hydrogens (tertiary/aromatic N) is 2. The van der Waals surface area contributed by atoms with Crippen molar-refractivity contribution in [3.8, 4) is 0 Å². The Labute approximate surface area is 142 Å². The van der Waals surface area contributed by atoms with Gasteiger partial charge in [0.05, 0.1) is 0 Å². The minimum absolute atomic E-state index is 0.0276. The summed E-state index contributed by atoms with van der Waals surface area (Å²) in [5.41, 5.74) is 0. The Morgan fingerprint density at radius 2 is 1.79 bits per heavy atom. The smallest absolute Gasteiger partial charge is 0.289 e. The van der Waals surface area contributed by atoms with Crippen LogP contribution in [0.1, 0.15) is 42.7 Å². The van der Waals surface area contributed by atoms with Crippen LogP contribution in [-0.4, -0.2) is 56.8 Å². The van der Waals surface area contributed by atoms with Gasteiger partial charge in [-0.05, 0) is 30.9 Å². The lowest BCUT2D eigenvalue weighted by Crippen LogP contribution is -2.49. The minimum atomic E-state index is -3.92. The molecular weight excluding hydrogens is 330 g/mol. The lowest BCUT2D eigenvalue weighted by Gasteiger charge is -2.36. The first-order valence-electron chi connectivity index (χ1n) is 8.58. The van der Waals surface area contributed by atoms with Gasteiger partial charge in [-0.1, -0.05) is 19.3 Å². The van der Waals surface area contributed by atoms with Crippen LogP contribution < -0.4 is 5.14 Å². The van der Waals surface area contributed by atoms with E-state index in [9.17, 15) is 13.2 Å². The molecule has 1 aliphatic carbocycles. The summed E-state index contributed by atoms with van der Waals surface area (Å²) >= 11 is 0. The van der Waals surface area contributed by atoms with E-state index in [4.69, 9.17) is 9.56 Å². The summed E-state index contributed by atoms with van der Waals surface area (Å²) < 4.78 is 27.6. The largest absolute Gasteiger partial charge is 0.438 e. The average Bonchev–Trinajstić information content (AvgIpc) is 3.06. The first kappa shape index (κ1) is 17.4. The maximum absolute atomic E-state index is 12.4. The van der Waals surface area contributed by atoms with E-state index in [1.165, 1.54) is 44.2 Å². The molecule has 3 rings (SSSR count). The van der Waals surface area contributed by atoms with Crippen molar-refractivity contribution in [2.45, 2.75) is 37.2 Å². The fourth-order valence-corrected chi connectivity index (χ4v) is 4.08. The van der Waals surface area contributed by atoms with Gasteiger partial charge in [-0.2, -0.15) is 0 Å². The SMILES string of the molecule is NS(=O)(=O)c1ccc(C(=O)N2CCN(CC3CCCCC3)CC2)o1. The molecule has 2 fully saturated rings. The van der Waals surface area contributed by atoms with Crippen LogP contribution in [0.2, 0.25) is 0 Å². The fourth-order valence-electron chi connectivity index (χ4n) is 3.61. The van der Waals surface area contributed by atoms with Gasteiger partial charge in [-0.15, -0.1) is 0 Å². The molecule has 1 aromatic rings. The zero-order chi connectivity index (χ0) is 17.2. The van der Waals surface area contributed by atoms with E-state index in [1.807, 2.05) is 0 Å². The summed E-state index contributed by atoms with van der Waals surface area (Å²) in [6.07, 6.45) is 6.69. The predicted octanol–water partition coefficient (Wildman–Crippen LogP) is 1.27. The summed E-state index contributed by atoms with van der Waals surface area (Å²) in [5, 5.41) is 4.63. The second-order valence-electron chi connectivity index (χ2n) is 6.76. The molecule has 0 atom stereocenters. The highest BCUT2D eigenvalue weighted by Gasteiger charge is 2.27. The molecule has 1 saturated carbocycles. The van der Waals surface area contributed by atoms with Crippen LogP contribution in [0.4, 0.5) is 0 Å². The van der Waals surface area contributed by atoms with Crippen LogP contribution in [-0.2, 0) is 10.0 Å². The second kappa shape index (κ2) is 7.25. The van der Waals surface area contributed by atoms with Gasteiger partial charge in [-0.25, -0.2) is 13.6 Å². The number of primary sulfonamides is 1. The third-order valence-corrected chi connectivity index (χ3v) is 5.75. The van der Waals surface area contributed by atoms with Crippen LogP contribution in [0.25, 0.3) is 0 Å². The third-order valence-electron chi connectivity index (χ3n) is 4.97. The Kier molecular flexibility index (Phi) is 5.27. The number of hydrogen-bond donors (Lipinski definition) is 1. The van der Waals surface area contributed by atoms with Gasteiger partial charge in [0.2, 0.25) is 5.09 Å². The molecule has 0 radical (unpaired) electrons. The molecule has 2 heterocycles. The monoisotopic (exact) mass is 355 g/mol. The molecule has 2 aliphatic rings. The average molecular weight is 355 g/mol. The normalized spacial score (nSPS) is 21.1. The van der Waals surface area contributed by atoms with Gasteiger partial charge in [0.1, 0.15) is 0 Å². The molecule has 1 aromatic heterocycles. The topological polar surface area (TPSA) is 96.8 Å². The molecule has 0 aromatic carbocycles. The van der Waals surface area contributed by atoms with E-state index in [2.05, 4.69) is 4.90 Å². The van der Waals surface area contributed by atoms with Crippen LogP contribution in [0.3, 0.4) is 0 Å². The van der Waals surface area contributed by atoms with Crippen LogP contribution in [0.5, 0.6) is 0 Å². The third kappa shape index (κ3) is 4.17. The lowest BCUT2D eigenvalue weighted by molar-refractivity contribution is 0.0571. The Hall–Kier alpha value is -1.38. The lowest BCUT2D eigenvalue weighted by atomic mass is 9.89. The van der Waals surface area contributed by atoms with Crippen molar-refractivity contribution >= 4 is 15.9 Å². The van der Waals surface area contributed by atoms with Crippen molar-refractivity contribution in [2.24, 2.45) is 11.1 Å². The summed E-state index contributed by atoms with van der Waals surface area (Å²) in [5.74, 6) is 0.547. The number of amides is 1. The number of piperazine rings is 1. The van der Waals surface area contributed by atoms with Crippen LogP contribution in [0, 0.1) is 5.92 Å². The molecule has 1 saturated heterocycles. The Morgan fingerprint density at radius 3 is 2.38 bits per heavy atom. The van der Waals surface area contributed by atoms with Crippen molar-refractivity contribution < 1.29 is 17.6 Å². The number of hydrogen-bond acceptors (Lipinski definition) is 5. The minimum Gasteiger partial charge on any atom is -0.438 e. The molecule has 1 amide bonds. The van der Waals surface area contributed by atoms with E-state index in [0.717, 1.165) is 25.6 Å². The predicted molar refractivity (Wildman–Crippen MR) is 89.0 cm³/mol. The highest BCUT2D eigenvalue weighted by molar-refractivity contribution is 7.89. The van der Waals surface area contributed by atoms with E-state index >= 15 is 0 Å². The number of carbonyl (C=O) groups excluding carboxylic acids is 1. The maximum atomic E-state index is 12.4. The number of sulfonamides is 1. The number of rotatable bonds is 4. The highest BCUT2D eigenvalue weighted by atomic mass is 32.2. The number of carbonyl (C=O) groups is 1. The summed E-state index contributed by atoms with van der Waals surface area (Å²) in [7, 11) is -3.92. The molecule has 7 nitrogen and oxygen atoms in total. The van der Waals surface area contributed by atoms with Gasteiger partial charge in [0, 0.05) is 32.7 Å². The first-order valence-corrected chi connectivity index (χ1v) is 10.1. The van der Waals surface area contributed by atoms with Crippen molar-refractivity contribution in [3.63, 3.8) is 0 Å². The van der Waals surface area contributed by atoms with E-state index in [1.54, 1.807) is 4.90 Å². The zero-order valence-electron chi connectivity index (χ0n) is 13.8. The fraction of sp³-hybridized carbons (Fsp3) is 0.688. The van der Waals surface area contributed by atoms with Gasteiger partial charge in [0.25, 0.3) is 15.9 Å². The van der Waals surface area contributed by atoms with Crippen molar-refractivity contribution in [1.82, 2.24) is 9.80 Å². The van der Waals surface area contributed by atoms with E-state index < -0.39 is 10.0 Å². The number of nitrogens with two attached hydrogens (primary N) is 1. The quantitative estimate of drug-likeness (QED) is 0.877. The van der Waals surface area contributed by atoms with Gasteiger partial charge >= 0.3 is 0 Å². The van der Waals surface area contributed by atoms with E-state index in [0.29, 0.717) is 13.1 Å². The molecule has 1 aliphatic heterocycles. The molecule has 24 heavy (non-hydrogen) atoms. The molecule has 8 heteroatoms. The molecule has 2 N–H and O–H groups in total. The summed E-state index contributed by atoms with van der Waals surface area (Å²) in [6.45, 7) is 4.10. The van der Waals surface area contributed by atoms with E-state index in [-0.39, 0.29) is 16.8 Å². The standard InChI is InChI=1S/C16H25N3O4S/c17-24(21,22)15-7-6-14(23-15)16(20)19-10-8-18(9-11-19)12-13-4-2-1-3-5-13/h6-7,13H,1-5,8-12H2,(H2,17,21,22). The Bertz CT molecular complexity index is 671. The Morgan fingerprint density at radius 1 is 1.12 bits per heavy atom. The number of furan rings is 1. The van der Waals surface area contributed by atoms with Gasteiger partial charge in [-0.3, -0.25) is 9.69 Å². The molecular formula is C16H25N3O4S. The second-order valence-corrected chi connectivity index (χ2v) is 8.25. The Balaban J connectivity index is 1.52. The highest BCUT2D eigenvalue weighted by Crippen LogP contribution is 2.25. The van der Waals surface area contributed by atoms with Gasteiger partial charge < -0.3 is 9.32 Å². The van der Waals surface area contributed by atoms with Crippen molar-refractivity contribution in [1.29, 1.82) is 0 Å². The molecule has 0 bridgehead atoms. The first-order chi connectivity index (χ1) is 11.4. The summed E-state index contributed by atoms with van der Waals surface area (Å²) in [4.78, 5) is 16.6. The maximum Gasteiger partial charge on any atom is 0.289 e. The summed E-state index contributed by atoms with van der Waals surface area (Å²) in [6, 6.07) is 2.60. The van der Waals surface area contributed by atoms with Crippen LogP contribution >= 0.6 is 0 Å². The van der Waals surface area contributed by atoms with Gasteiger partial charge in [0.15, 0.2) is 5.76 Å². The molecule has 134 valence electrons. The molecule has 0 unspecified atom stereocenters. The van der Waals surface area contributed by atoms with Crippen molar-refractivity contribution in [2.75, 3.05) is 32.7 Å².